The molecule has 39 heavy (non-hydrogen) atoms. The van der Waals surface area contributed by atoms with Crippen LogP contribution in [0, 0.1) is 0 Å². The first kappa shape index (κ1) is 25.7. The molecule has 2 N–H and O–H groups in total. The number of hydrogen-bond acceptors (Lipinski definition) is 8. The van der Waals surface area contributed by atoms with E-state index in [1.165, 1.54) is 0 Å². The summed E-state index contributed by atoms with van der Waals surface area (Å²) in [5, 5.41) is 11.1. The van der Waals surface area contributed by atoms with Gasteiger partial charge in [-0.05, 0) is 37.3 Å². The molecule has 1 unspecified atom stereocenters. The first-order valence-electron chi connectivity index (χ1n) is 12.2. The van der Waals surface area contributed by atoms with Gasteiger partial charge < -0.3 is 29.6 Å². The zero-order valence-corrected chi connectivity index (χ0v) is 22.3. The van der Waals surface area contributed by atoms with Gasteiger partial charge in [0.05, 0.1) is 34.0 Å². The van der Waals surface area contributed by atoms with Gasteiger partial charge in [0.25, 0.3) is 5.91 Å². The molecule has 1 amide bonds. The summed E-state index contributed by atoms with van der Waals surface area (Å²) >= 11 is 0. The zero-order chi connectivity index (χ0) is 27.5. The first-order chi connectivity index (χ1) is 19.0. The van der Waals surface area contributed by atoms with Crippen LogP contribution in [0.5, 0.6) is 23.0 Å². The third kappa shape index (κ3) is 4.84. The van der Waals surface area contributed by atoms with E-state index in [9.17, 15) is 4.79 Å². The molecule has 200 valence electrons. The van der Waals surface area contributed by atoms with E-state index in [1.54, 1.807) is 45.3 Å². The lowest BCUT2D eigenvalue weighted by Crippen LogP contribution is -2.31. The number of hydrogen-bond donors (Lipinski definition) is 2. The number of anilines is 2. The Kier molecular flexibility index (Phi) is 7.09. The number of nitrogens with zero attached hydrogens (tertiary/aromatic N) is 3. The average Bonchev–Trinajstić information content (AvgIpc) is 3.39. The van der Waals surface area contributed by atoms with Gasteiger partial charge in [-0.1, -0.05) is 30.3 Å². The van der Waals surface area contributed by atoms with Gasteiger partial charge in [-0.25, -0.2) is 4.68 Å². The van der Waals surface area contributed by atoms with E-state index in [0.29, 0.717) is 62.9 Å². The van der Waals surface area contributed by atoms with Crippen LogP contribution in [0.3, 0.4) is 0 Å². The molecule has 1 aromatic heterocycles. The second-order valence-electron chi connectivity index (χ2n) is 8.77. The van der Waals surface area contributed by atoms with Crippen molar-refractivity contribution in [1.82, 2.24) is 14.8 Å². The standard InChI is InChI=1S/C29H29N5O5/c1-17-24(28(35)31-19-10-7-6-8-11-19)25(22-12-9-13-23(38-4)26(22)39-5)34-29(30-17)32-27(33-34)18-14-20(36-2)16-21(15-18)37-3/h6-16,25H,1-5H3,(H,31,35)(H,30,32,33). The number of nitrogens with one attached hydrogen (secondary N) is 2. The van der Waals surface area contributed by atoms with E-state index in [1.807, 2.05) is 61.5 Å². The van der Waals surface area contributed by atoms with E-state index >= 15 is 0 Å². The van der Waals surface area contributed by atoms with Gasteiger partial charge in [-0.2, -0.15) is 4.98 Å². The van der Waals surface area contributed by atoms with E-state index in [2.05, 4.69) is 10.6 Å². The predicted octanol–water partition coefficient (Wildman–Crippen LogP) is 4.91. The van der Waals surface area contributed by atoms with Gasteiger partial charge in [0.15, 0.2) is 17.3 Å². The Morgan fingerprint density at radius 1 is 0.897 bits per heavy atom. The first-order valence-corrected chi connectivity index (χ1v) is 12.2. The van der Waals surface area contributed by atoms with Crippen LogP contribution in [-0.2, 0) is 4.79 Å². The molecule has 0 bridgehead atoms. The maximum atomic E-state index is 13.8. The van der Waals surface area contributed by atoms with Crippen molar-refractivity contribution in [3.63, 3.8) is 0 Å². The highest BCUT2D eigenvalue weighted by Crippen LogP contribution is 2.43. The lowest BCUT2D eigenvalue weighted by molar-refractivity contribution is -0.113. The molecule has 0 aliphatic carbocycles. The van der Waals surface area contributed by atoms with Crippen LogP contribution in [-0.4, -0.2) is 49.1 Å². The van der Waals surface area contributed by atoms with Gasteiger partial charge in [0, 0.05) is 28.6 Å². The summed E-state index contributed by atoms with van der Waals surface area (Å²) in [6, 6.07) is 19.6. The fourth-order valence-corrected chi connectivity index (χ4v) is 4.64. The van der Waals surface area contributed by atoms with Crippen molar-refractivity contribution < 1.29 is 23.7 Å². The topological polar surface area (TPSA) is 109 Å². The Morgan fingerprint density at radius 3 is 2.26 bits per heavy atom. The number of fused-ring (bicyclic) bond motifs is 1. The average molecular weight is 528 g/mol. The molecular formula is C29H29N5O5. The highest BCUT2D eigenvalue weighted by Gasteiger charge is 2.37. The number of carbonyl (C=O) groups excluding carboxylic acids is 1. The maximum absolute atomic E-state index is 13.8. The summed E-state index contributed by atoms with van der Waals surface area (Å²) in [5.41, 5.74) is 3.15. The highest BCUT2D eigenvalue weighted by molar-refractivity contribution is 6.06. The van der Waals surface area contributed by atoms with Gasteiger partial charge >= 0.3 is 0 Å². The van der Waals surface area contributed by atoms with Crippen molar-refractivity contribution in [2.24, 2.45) is 0 Å². The van der Waals surface area contributed by atoms with Crippen LogP contribution in [0.25, 0.3) is 11.4 Å². The monoisotopic (exact) mass is 527 g/mol. The fourth-order valence-electron chi connectivity index (χ4n) is 4.64. The van der Waals surface area contributed by atoms with E-state index in [4.69, 9.17) is 29.0 Å². The largest absolute Gasteiger partial charge is 0.497 e. The summed E-state index contributed by atoms with van der Waals surface area (Å²) in [4.78, 5) is 18.6. The fraction of sp³-hybridized carbons (Fsp3) is 0.207. The molecule has 0 saturated heterocycles. The van der Waals surface area contributed by atoms with E-state index in [0.717, 1.165) is 0 Å². The highest BCUT2D eigenvalue weighted by atomic mass is 16.5. The van der Waals surface area contributed by atoms with Crippen LogP contribution in [0.1, 0.15) is 18.5 Å². The number of para-hydroxylation sites is 2. The van der Waals surface area contributed by atoms with Crippen LogP contribution in [0.2, 0.25) is 0 Å². The summed E-state index contributed by atoms with van der Waals surface area (Å²) in [6.07, 6.45) is 0. The number of rotatable bonds is 8. The number of amides is 1. The number of carbonyl (C=O) groups is 1. The Labute approximate surface area is 226 Å². The molecular weight excluding hydrogens is 498 g/mol. The summed E-state index contributed by atoms with van der Waals surface area (Å²) in [7, 11) is 6.31. The van der Waals surface area contributed by atoms with Crippen LogP contribution in [0.15, 0.2) is 78.0 Å². The van der Waals surface area contributed by atoms with E-state index in [-0.39, 0.29) is 5.91 Å². The molecule has 3 aromatic carbocycles. The van der Waals surface area contributed by atoms with Crippen LogP contribution >= 0.6 is 0 Å². The van der Waals surface area contributed by atoms with Crippen molar-refractivity contribution >= 4 is 17.5 Å². The lowest BCUT2D eigenvalue weighted by atomic mass is 9.94. The lowest BCUT2D eigenvalue weighted by Gasteiger charge is -2.30. The number of benzene rings is 3. The van der Waals surface area contributed by atoms with Crippen molar-refractivity contribution in [1.29, 1.82) is 0 Å². The Bertz CT molecular complexity index is 1520. The minimum Gasteiger partial charge on any atom is -0.497 e. The molecule has 10 heteroatoms. The molecule has 1 aliphatic heterocycles. The molecule has 0 saturated carbocycles. The van der Waals surface area contributed by atoms with E-state index < -0.39 is 6.04 Å². The minimum atomic E-state index is -0.677. The van der Waals surface area contributed by atoms with Gasteiger partial charge in [0.1, 0.15) is 17.5 Å². The normalized spacial score (nSPS) is 14.2. The minimum absolute atomic E-state index is 0.285. The Morgan fingerprint density at radius 2 is 1.62 bits per heavy atom. The molecule has 2 heterocycles. The Balaban J connectivity index is 1.67. The molecule has 0 spiro atoms. The Hall–Kier alpha value is -4.99. The molecule has 10 nitrogen and oxygen atoms in total. The maximum Gasteiger partial charge on any atom is 0.255 e. The predicted molar refractivity (Wildman–Crippen MR) is 148 cm³/mol. The number of aromatic nitrogens is 3. The zero-order valence-electron chi connectivity index (χ0n) is 22.3. The third-order valence-electron chi connectivity index (χ3n) is 6.47. The van der Waals surface area contributed by atoms with Gasteiger partial charge in [-0.15, -0.1) is 5.10 Å². The summed E-state index contributed by atoms with van der Waals surface area (Å²) in [6.45, 7) is 1.84. The second kappa shape index (κ2) is 10.8. The molecule has 0 fully saturated rings. The number of allylic oxidation sites excluding steroid dienone is 1. The second-order valence-corrected chi connectivity index (χ2v) is 8.77. The summed E-state index contributed by atoms with van der Waals surface area (Å²) in [5.74, 6) is 2.85. The van der Waals surface area contributed by atoms with Crippen molar-refractivity contribution in [3.8, 4) is 34.4 Å². The smallest absolute Gasteiger partial charge is 0.255 e. The van der Waals surface area contributed by atoms with Crippen LogP contribution in [0.4, 0.5) is 11.6 Å². The number of methoxy groups -OCH3 is 4. The molecule has 4 aromatic rings. The molecule has 1 aliphatic rings. The molecule has 1 atom stereocenters. The SMILES string of the molecule is COc1cc(OC)cc(-c2nc3n(n2)C(c2cccc(OC)c2OC)C(C(=O)Nc2ccccc2)=C(C)N3)c1. The summed E-state index contributed by atoms with van der Waals surface area (Å²) < 4.78 is 23.9. The van der Waals surface area contributed by atoms with Crippen LogP contribution < -0.4 is 29.6 Å². The quantitative estimate of drug-likeness (QED) is 0.333. The molecule has 5 rings (SSSR count). The van der Waals surface area contributed by atoms with Crippen molar-refractivity contribution in [2.45, 2.75) is 13.0 Å². The third-order valence-corrected chi connectivity index (χ3v) is 6.47. The van der Waals surface area contributed by atoms with Crippen molar-refractivity contribution in [3.05, 3.63) is 83.6 Å². The van der Waals surface area contributed by atoms with Gasteiger partial charge in [0.2, 0.25) is 5.95 Å². The van der Waals surface area contributed by atoms with Crippen molar-refractivity contribution in [2.75, 3.05) is 39.1 Å². The van der Waals surface area contributed by atoms with Gasteiger partial charge in [-0.3, -0.25) is 4.79 Å². The number of ether oxygens (including phenoxy) is 4. The molecule has 0 radical (unpaired) electrons.